The molecule has 5 heteroatoms. The second kappa shape index (κ2) is 7.46. The highest BCUT2D eigenvalue weighted by Gasteiger charge is 2.20. The molecule has 106 valence electrons. The number of hydrogen-bond acceptors (Lipinski definition) is 3. The summed E-state index contributed by atoms with van der Waals surface area (Å²) in [6.07, 6.45) is 0.624. The molecular weight excluding hydrogens is 269 g/mol. The molecule has 0 saturated carbocycles. The van der Waals surface area contributed by atoms with Gasteiger partial charge in [-0.15, -0.1) is 0 Å². The smallest absolute Gasteiger partial charge is 0.322 e. The average molecular weight is 288 g/mol. The molecule has 0 aliphatic heterocycles. The normalized spacial score (nSPS) is 12.5. The van der Waals surface area contributed by atoms with Gasteiger partial charge < -0.3 is 10.1 Å². The third-order valence-electron chi connectivity index (χ3n) is 2.78. The summed E-state index contributed by atoms with van der Waals surface area (Å²) in [7, 11) is 1.34. The summed E-state index contributed by atoms with van der Waals surface area (Å²) < 4.78 is 18.3. The van der Waals surface area contributed by atoms with Crippen LogP contribution in [0.15, 0.2) is 18.2 Å². The van der Waals surface area contributed by atoms with Gasteiger partial charge in [-0.05, 0) is 24.5 Å². The van der Waals surface area contributed by atoms with E-state index in [0.717, 1.165) is 0 Å². The number of benzene rings is 1. The van der Waals surface area contributed by atoms with Crippen LogP contribution in [0.25, 0.3) is 0 Å². The number of nitrogens with one attached hydrogen (secondary N) is 1. The lowest BCUT2D eigenvalue weighted by Crippen LogP contribution is -2.38. The number of ether oxygens (including phenoxy) is 1. The summed E-state index contributed by atoms with van der Waals surface area (Å²) in [6.45, 7) is 4.21. The topological polar surface area (TPSA) is 38.3 Å². The second-order valence-corrected chi connectivity index (χ2v) is 5.19. The van der Waals surface area contributed by atoms with Crippen molar-refractivity contribution in [3.63, 3.8) is 0 Å². The molecule has 19 heavy (non-hydrogen) atoms. The Balaban J connectivity index is 2.73. The Hall–Kier alpha value is -1.13. The van der Waals surface area contributed by atoms with E-state index in [1.807, 2.05) is 13.8 Å². The summed E-state index contributed by atoms with van der Waals surface area (Å²) in [4.78, 5) is 11.6. The zero-order chi connectivity index (χ0) is 14.4. The fourth-order valence-corrected chi connectivity index (χ4v) is 2.03. The Bertz CT molecular complexity index is 417. The first-order valence-electron chi connectivity index (χ1n) is 6.19. The Kier molecular flexibility index (Phi) is 6.25. The van der Waals surface area contributed by atoms with Gasteiger partial charge in [0.1, 0.15) is 11.9 Å². The first kappa shape index (κ1) is 15.9. The lowest BCUT2D eigenvalue weighted by Gasteiger charge is -2.18. The molecule has 0 fully saturated rings. The standard InChI is InChI=1S/C14H19ClFNO2/c1-9(2)7-13(14(18)19-3)17-8-10-11(15)5-4-6-12(10)16/h4-6,9,13,17H,7-8H2,1-3H3. The van der Waals surface area contributed by atoms with E-state index < -0.39 is 6.04 Å². The number of methoxy groups -OCH3 is 1. The monoisotopic (exact) mass is 287 g/mol. The van der Waals surface area contributed by atoms with Crippen LogP contribution in [-0.2, 0) is 16.1 Å². The summed E-state index contributed by atoms with van der Waals surface area (Å²) in [5.74, 6) is -0.401. The molecule has 0 amide bonds. The van der Waals surface area contributed by atoms with E-state index in [0.29, 0.717) is 22.9 Å². The van der Waals surface area contributed by atoms with Crippen molar-refractivity contribution < 1.29 is 13.9 Å². The maximum absolute atomic E-state index is 13.6. The van der Waals surface area contributed by atoms with E-state index in [-0.39, 0.29) is 18.3 Å². The van der Waals surface area contributed by atoms with E-state index in [1.165, 1.54) is 13.2 Å². The highest BCUT2D eigenvalue weighted by molar-refractivity contribution is 6.31. The molecular formula is C14H19ClFNO2. The van der Waals surface area contributed by atoms with Crippen LogP contribution < -0.4 is 5.32 Å². The summed E-state index contributed by atoms with van der Waals surface area (Å²) in [6, 6.07) is 4.06. The van der Waals surface area contributed by atoms with Gasteiger partial charge in [0.25, 0.3) is 0 Å². The predicted octanol–water partition coefficient (Wildman–Crippen LogP) is 3.16. The minimum atomic E-state index is -0.458. The molecule has 0 heterocycles. The maximum atomic E-state index is 13.6. The maximum Gasteiger partial charge on any atom is 0.322 e. The number of hydrogen-bond donors (Lipinski definition) is 1. The molecule has 1 unspecified atom stereocenters. The fourth-order valence-electron chi connectivity index (χ4n) is 1.80. The molecule has 1 N–H and O–H groups in total. The first-order chi connectivity index (χ1) is 8.95. The van der Waals surface area contributed by atoms with Gasteiger partial charge in [-0.1, -0.05) is 31.5 Å². The summed E-state index contributed by atoms with van der Waals surface area (Å²) >= 11 is 5.94. The number of carbonyl (C=O) groups excluding carboxylic acids is 1. The molecule has 1 rings (SSSR count). The van der Waals surface area contributed by atoms with Gasteiger partial charge in [0.15, 0.2) is 0 Å². The van der Waals surface area contributed by atoms with Crippen LogP contribution in [0.2, 0.25) is 5.02 Å². The third kappa shape index (κ3) is 4.80. The van der Waals surface area contributed by atoms with Crippen molar-refractivity contribution in [2.45, 2.75) is 32.9 Å². The molecule has 0 radical (unpaired) electrons. The minimum absolute atomic E-state index is 0.192. The molecule has 0 aliphatic carbocycles. The quantitative estimate of drug-likeness (QED) is 0.817. The molecule has 1 aromatic rings. The van der Waals surface area contributed by atoms with Gasteiger partial charge in [-0.25, -0.2) is 4.39 Å². The van der Waals surface area contributed by atoms with Crippen molar-refractivity contribution in [1.29, 1.82) is 0 Å². The molecule has 0 spiro atoms. The van der Waals surface area contributed by atoms with Crippen molar-refractivity contribution in [2.75, 3.05) is 7.11 Å². The molecule has 0 aromatic heterocycles. The number of rotatable bonds is 6. The van der Waals surface area contributed by atoms with E-state index in [1.54, 1.807) is 12.1 Å². The van der Waals surface area contributed by atoms with Crippen molar-refractivity contribution in [3.05, 3.63) is 34.6 Å². The summed E-state index contributed by atoms with van der Waals surface area (Å²) in [5.41, 5.74) is 0.363. The highest BCUT2D eigenvalue weighted by atomic mass is 35.5. The van der Waals surface area contributed by atoms with Crippen LogP contribution in [0.3, 0.4) is 0 Å². The Morgan fingerprint density at radius 1 is 1.47 bits per heavy atom. The van der Waals surface area contributed by atoms with Crippen LogP contribution in [0, 0.1) is 11.7 Å². The van der Waals surface area contributed by atoms with Crippen LogP contribution in [0.1, 0.15) is 25.8 Å². The molecule has 0 saturated heterocycles. The number of halogens is 2. The van der Waals surface area contributed by atoms with Gasteiger partial charge in [0.2, 0.25) is 0 Å². The van der Waals surface area contributed by atoms with E-state index >= 15 is 0 Å². The minimum Gasteiger partial charge on any atom is -0.468 e. The van der Waals surface area contributed by atoms with Crippen molar-refractivity contribution in [2.24, 2.45) is 5.92 Å². The largest absolute Gasteiger partial charge is 0.468 e. The first-order valence-corrected chi connectivity index (χ1v) is 6.57. The van der Waals surface area contributed by atoms with Crippen LogP contribution in [-0.4, -0.2) is 19.1 Å². The van der Waals surface area contributed by atoms with Crippen molar-refractivity contribution in [1.82, 2.24) is 5.32 Å². The van der Waals surface area contributed by atoms with Crippen LogP contribution >= 0.6 is 11.6 Å². The van der Waals surface area contributed by atoms with E-state index in [2.05, 4.69) is 5.32 Å². The highest BCUT2D eigenvalue weighted by Crippen LogP contribution is 2.19. The molecule has 3 nitrogen and oxygen atoms in total. The van der Waals surface area contributed by atoms with Crippen LogP contribution in [0.5, 0.6) is 0 Å². The van der Waals surface area contributed by atoms with Gasteiger partial charge >= 0.3 is 5.97 Å². The average Bonchev–Trinajstić information content (AvgIpc) is 2.35. The van der Waals surface area contributed by atoms with Gasteiger partial charge in [-0.3, -0.25) is 4.79 Å². The predicted molar refractivity (Wildman–Crippen MR) is 73.5 cm³/mol. The van der Waals surface area contributed by atoms with Crippen LogP contribution in [0.4, 0.5) is 4.39 Å². The van der Waals surface area contributed by atoms with Crippen molar-refractivity contribution >= 4 is 17.6 Å². The number of carbonyl (C=O) groups is 1. The van der Waals surface area contributed by atoms with E-state index in [4.69, 9.17) is 16.3 Å². The van der Waals surface area contributed by atoms with Gasteiger partial charge in [0, 0.05) is 17.1 Å². The molecule has 0 aliphatic rings. The fraction of sp³-hybridized carbons (Fsp3) is 0.500. The van der Waals surface area contributed by atoms with Crippen molar-refractivity contribution in [3.8, 4) is 0 Å². The van der Waals surface area contributed by atoms with Gasteiger partial charge in [-0.2, -0.15) is 0 Å². The lowest BCUT2D eigenvalue weighted by molar-refractivity contribution is -0.143. The zero-order valence-corrected chi connectivity index (χ0v) is 12.1. The Labute approximate surface area is 118 Å². The Morgan fingerprint density at radius 3 is 2.68 bits per heavy atom. The van der Waals surface area contributed by atoms with Gasteiger partial charge in [0.05, 0.1) is 7.11 Å². The molecule has 1 aromatic carbocycles. The summed E-state index contributed by atoms with van der Waals surface area (Å²) in [5, 5.41) is 3.35. The zero-order valence-electron chi connectivity index (χ0n) is 11.4. The van der Waals surface area contributed by atoms with E-state index in [9.17, 15) is 9.18 Å². The Morgan fingerprint density at radius 2 is 2.16 bits per heavy atom. The number of esters is 1. The SMILES string of the molecule is COC(=O)C(CC(C)C)NCc1c(F)cccc1Cl. The third-order valence-corrected chi connectivity index (χ3v) is 3.13. The second-order valence-electron chi connectivity index (χ2n) is 4.79. The molecule has 1 atom stereocenters. The lowest BCUT2D eigenvalue weighted by atomic mass is 10.0. The molecule has 0 bridgehead atoms.